The molecular formula is C16H22N4O2. The van der Waals surface area contributed by atoms with Crippen LogP contribution in [0.2, 0.25) is 0 Å². The van der Waals surface area contributed by atoms with Gasteiger partial charge in [-0.1, -0.05) is 19.1 Å². The van der Waals surface area contributed by atoms with Gasteiger partial charge in [-0.3, -0.25) is 4.68 Å². The predicted octanol–water partition coefficient (Wildman–Crippen LogP) is 2.71. The second-order valence-corrected chi connectivity index (χ2v) is 5.20. The van der Waals surface area contributed by atoms with Crippen LogP contribution in [0.25, 0.3) is 0 Å². The van der Waals surface area contributed by atoms with Crippen LogP contribution in [0.1, 0.15) is 18.9 Å². The van der Waals surface area contributed by atoms with Crippen LogP contribution in [-0.4, -0.2) is 28.5 Å². The van der Waals surface area contributed by atoms with E-state index in [1.807, 2.05) is 38.1 Å². The van der Waals surface area contributed by atoms with Crippen LogP contribution in [0.3, 0.4) is 0 Å². The summed E-state index contributed by atoms with van der Waals surface area (Å²) in [5.41, 5.74) is 1.81. The molecule has 0 radical (unpaired) electrons. The number of benzene rings is 1. The smallest absolute Gasteiger partial charge is 0.319 e. The van der Waals surface area contributed by atoms with Gasteiger partial charge in [-0.15, -0.1) is 0 Å². The van der Waals surface area contributed by atoms with Crippen LogP contribution in [0.5, 0.6) is 5.75 Å². The van der Waals surface area contributed by atoms with E-state index in [0.29, 0.717) is 12.2 Å². The van der Waals surface area contributed by atoms with Crippen LogP contribution in [-0.2, 0) is 7.05 Å². The number of rotatable bonds is 6. The number of aromatic nitrogens is 2. The van der Waals surface area contributed by atoms with E-state index < -0.39 is 0 Å². The van der Waals surface area contributed by atoms with Gasteiger partial charge >= 0.3 is 6.03 Å². The van der Waals surface area contributed by atoms with Gasteiger partial charge in [0.2, 0.25) is 0 Å². The fourth-order valence-electron chi connectivity index (χ4n) is 2.02. The molecule has 0 aliphatic rings. The number of nitrogens with zero attached hydrogens (tertiary/aromatic N) is 2. The lowest BCUT2D eigenvalue weighted by Crippen LogP contribution is -2.37. The maximum absolute atomic E-state index is 11.8. The first kappa shape index (κ1) is 15.9. The predicted molar refractivity (Wildman–Crippen MR) is 86.1 cm³/mol. The number of carbonyl (C=O) groups is 1. The maximum atomic E-state index is 11.8. The van der Waals surface area contributed by atoms with E-state index in [0.717, 1.165) is 17.7 Å². The first-order valence-corrected chi connectivity index (χ1v) is 7.33. The van der Waals surface area contributed by atoms with Gasteiger partial charge < -0.3 is 15.4 Å². The standard InChI is InChI=1S/C16H22N4O2/c1-4-14(22-15-7-5-6-12(2)8-15)10-17-16(21)19-13-9-18-20(3)11-13/h5-9,11,14H,4,10H2,1-3H3,(H2,17,19,21). The highest BCUT2D eigenvalue weighted by atomic mass is 16.5. The molecule has 0 saturated carbocycles. The highest BCUT2D eigenvalue weighted by Crippen LogP contribution is 2.15. The lowest BCUT2D eigenvalue weighted by molar-refractivity contribution is 0.192. The van der Waals surface area contributed by atoms with Crippen molar-refractivity contribution in [3.63, 3.8) is 0 Å². The Kier molecular flexibility index (Phi) is 5.41. The molecule has 2 N–H and O–H groups in total. The molecule has 0 aliphatic heterocycles. The van der Waals surface area contributed by atoms with Crippen LogP contribution in [0.4, 0.5) is 10.5 Å². The average Bonchev–Trinajstić information content (AvgIpc) is 2.88. The number of hydrogen-bond donors (Lipinski definition) is 2. The van der Waals surface area contributed by atoms with Crippen molar-refractivity contribution in [1.82, 2.24) is 15.1 Å². The van der Waals surface area contributed by atoms with Crippen molar-refractivity contribution in [3.8, 4) is 5.75 Å². The molecule has 6 nitrogen and oxygen atoms in total. The maximum Gasteiger partial charge on any atom is 0.319 e. The number of amides is 2. The number of carbonyl (C=O) groups excluding carboxylic acids is 1. The van der Waals surface area contributed by atoms with Crippen molar-refractivity contribution >= 4 is 11.7 Å². The van der Waals surface area contributed by atoms with Gasteiger partial charge in [-0.05, 0) is 31.0 Å². The minimum Gasteiger partial charge on any atom is -0.489 e. The molecule has 2 aromatic rings. The Bertz CT molecular complexity index is 624. The molecule has 1 unspecified atom stereocenters. The molecule has 118 valence electrons. The molecule has 0 aliphatic carbocycles. The van der Waals surface area contributed by atoms with Crippen LogP contribution in [0, 0.1) is 6.92 Å². The first-order valence-electron chi connectivity index (χ1n) is 7.33. The molecule has 2 rings (SSSR count). The SMILES string of the molecule is CCC(CNC(=O)Nc1cnn(C)c1)Oc1cccc(C)c1. The van der Waals surface area contributed by atoms with Crippen molar-refractivity contribution < 1.29 is 9.53 Å². The van der Waals surface area contributed by atoms with Gasteiger partial charge in [-0.25, -0.2) is 4.79 Å². The Hall–Kier alpha value is -2.50. The van der Waals surface area contributed by atoms with Crippen LogP contribution >= 0.6 is 0 Å². The number of ether oxygens (including phenoxy) is 1. The van der Waals surface area contributed by atoms with E-state index in [1.165, 1.54) is 0 Å². The van der Waals surface area contributed by atoms with Gasteiger partial charge in [0.25, 0.3) is 0 Å². The summed E-state index contributed by atoms with van der Waals surface area (Å²) >= 11 is 0. The number of aryl methyl sites for hydroxylation is 2. The molecular weight excluding hydrogens is 280 g/mol. The van der Waals surface area contributed by atoms with E-state index in [9.17, 15) is 4.79 Å². The van der Waals surface area contributed by atoms with Gasteiger partial charge in [0, 0.05) is 13.2 Å². The van der Waals surface area contributed by atoms with Crippen LogP contribution in [0.15, 0.2) is 36.7 Å². The lowest BCUT2D eigenvalue weighted by Gasteiger charge is -2.18. The van der Waals surface area contributed by atoms with Crippen molar-refractivity contribution in [3.05, 3.63) is 42.2 Å². The molecule has 1 heterocycles. The summed E-state index contributed by atoms with van der Waals surface area (Å²) in [5.74, 6) is 0.821. The summed E-state index contributed by atoms with van der Waals surface area (Å²) in [5, 5.41) is 9.54. The normalized spacial score (nSPS) is 11.8. The van der Waals surface area contributed by atoms with Gasteiger partial charge in [0.05, 0.1) is 18.4 Å². The summed E-state index contributed by atoms with van der Waals surface area (Å²) in [6.07, 6.45) is 4.07. The third-order valence-electron chi connectivity index (χ3n) is 3.20. The lowest BCUT2D eigenvalue weighted by atomic mass is 10.2. The quantitative estimate of drug-likeness (QED) is 0.862. The van der Waals surface area contributed by atoms with Gasteiger partial charge in [0.1, 0.15) is 11.9 Å². The Morgan fingerprint density at radius 1 is 1.45 bits per heavy atom. The van der Waals surface area contributed by atoms with E-state index >= 15 is 0 Å². The van der Waals surface area contributed by atoms with E-state index in [4.69, 9.17) is 4.74 Å². The molecule has 0 saturated heterocycles. The molecule has 1 aromatic carbocycles. The summed E-state index contributed by atoms with van der Waals surface area (Å²) in [6.45, 7) is 4.49. The summed E-state index contributed by atoms with van der Waals surface area (Å²) in [6, 6.07) is 7.62. The summed E-state index contributed by atoms with van der Waals surface area (Å²) < 4.78 is 7.52. The second-order valence-electron chi connectivity index (χ2n) is 5.20. The minimum atomic E-state index is -0.265. The van der Waals surface area contributed by atoms with Crippen molar-refractivity contribution in [1.29, 1.82) is 0 Å². The minimum absolute atomic E-state index is 0.0681. The van der Waals surface area contributed by atoms with Crippen molar-refractivity contribution in [2.24, 2.45) is 7.05 Å². The largest absolute Gasteiger partial charge is 0.489 e. The number of urea groups is 1. The summed E-state index contributed by atoms with van der Waals surface area (Å²) in [4.78, 5) is 11.8. The molecule has 6 heteroatoms. The monoisotopic (exact) mass is 302 g/mol. The third-order valence-corrected chi connectivity index (χ3v) is 3.20. The summed E-state index contributed by atoms with van der Waals surface area (Å²) in [7, 11) is 1.80. The molecule has 0 spiro atoms. The topological polar surface area (TPSA) is 68.2 Å². The number of anilines is 1. The molecule has 0 bridgehead atoms. The van der Waals surface area contributed by atoms with E-state index in [2.05, 4.69) is 15.7 Å². The Balaban J connectivity index is 1.81. The molecule has 1 atom stereocenters. The highest BCUT2D eigenvalue weighted by molar-refractivity contribution is 5.88. The first-order chi connectivity index (χ1) is 10.6. The fraction of sp³-hybridized carbons (Fsp3) is 0.375. The van der Waals surface area contributed by atoms with Gasteiger partial charge in [-0.2, -0.15) is 5.10 Å². The van der Waals surface area contributed by atoms with Crippen LogP contribution < -0.4 is 15.4 Å². The van der Waals surface area contributed by atoms with E-state index in [-0.39, 0.29) is 12.1 Å². The van der Waals surface area contributed by atoms with Crippen molar-refractivity contribution in [2.45, 2.75) is 26.4 Å². The molecule has 0 fully saturated rings. The zero-order valence-electron chi connectivity index (χ0n) is 13.2. The molecule has 2 amide bonds. The van der Waals surface area contributed by atoms with Crippen molar-refractivity contribution in [2.75, 3.05) is 11.9 Å². The zero-order chi connectivity index (χ0) is 15.9. The second kappa shape index (κ2) is 7.49. The fourth-order valence-corrected chi connectivity index (χ4v) is 2.02. The Labute approximate surface area is 130 Å². The molecule has 1 aromatic heterocycles. The number of hydrogen-bond acceptors (Lipinski definition) is 3. The van der Waals surface area contributed by atoms with E-state index in [1.54, 1.807) is 24.1 Å². The zero-order valence-corrected chi connectivity index (χ0v) is 13.2. The molecule has 22 heavy (non-hydrogen) atoms. The Morgan fingerprint density at radius 2 is 2.27 bits per heavy atom. The highest BCUT2D eigenvalue weighted by Gasteiger charge is 2.11. The van der Waals surface area contributed by atoms with Gasteiger partial charge in [0.15, 0.2) is 0 Å². The average molecular weight is 302 g/mol. The third kappa shape index (κ3) is 4.80. The Morgan fingerprint density at radius 3 is 2.91 bits per heavy atom. The number of nitrogens with one attached hydrogen (secondary N) is 2.